The largest absolute Gasteiger partial charge is 0.439 e. The fourth-order valence-corrected chi connectivity index (χ4v) is 4.69. The number of halogens is 1. The predicted molar refractivity (Wildman–Crippen MR) is 140 cm³/mol. The molecule has 5 rings (SSSR count). The van der Waals surface area contributed by atoms with Gasteiger partial charge in [0, 0.05) is 25.8 Å². The van der Waals surface area contributed by atoms with E-state index in [1.807, 2.05) is 68.6 Å². The molecule has 1 amide bonds. The van der Waals surface area contributed by atoms with Crippen molar-refractivity contribution < 1.29 is 18.7 Å². The molecule has 0 unspecified atom stereocenters. The van der Waals surface area contributed by atoms with E-state index in [1.54, 1.807) is 21.7 Å². The van der Waals surface area contributed by atoms with Gasteiger partial charge < -0.3 is 14.4 Å². The summed E-state index contributed by atoms with van der Waals surface area (Å²) in [5.41, 5.74) is 3.47. The summed E-state index contributed by atoms with van der Waals surface area (Å²) in [6.45, 7) is 3.20. The molecule has 7 heteroatoms. The van der Waals surface area contributed by atoms with Crippen molar-refractivity contribution in [3.05, 3.63) is 101 Å². The lowest BCUT2D eigenvalue weighted by Crippen LogP contribution is -2.37. The number of ether oxygens (including phenoxy) is 2. The molecule has 6 nitrogen and oxygen atoms in total. The van der Waals surface area contributed by atoms with E-state index in [-0.39, 0.29) is 18.2 Å². The lowest BCUT2D eigenvalue weighted by molar-refractivity contribution is 0.0502. The van der Waals surface area contributed by atoms with Gasteiger partial charge in [0.25, 0.3) is 5.91 Å². The molecule has 2 heterocycles. The van der Waals surface area contributed by atoms with E-state index in [4.69, 9.17) is 14.6 Å². The molecule has 1 aliphatic heterocycles. The van der Waals surface area contributed by atoms with Gasteiger partial charge in [0.2, 0.25) is 5.88 Å². The van der Waals surface area contributed by atoms with Crippen LogP contribution in [0.2, 0.25) is 0 Å². The van der Waals surface area contributed by atoms with Gasteiger partial charge in [0.1, 0.15) is 17.3 Å². The molecule has 1 atom stereocenters. The van der Waals surface area contributed by atoms with Crippen molar-refractivity contribution in [1.29, 1.82) is 0 Å². The van der Waals surface area contributed by atoms with Crippen LogP contribution in [0.5, 0.6) is 11.6 Å². The third-order valence-corrected chi connectivity index (χ3v) is 6.53. The van der Waals surface area contributed by atoms with Crippen molar-refractivity contribution >= 4 is 5.91 Å². The Morgan fingerprint density at radius 3 is 2.62 bits per heavy atom. The summed E-state index contributed by atoms with van der Waals surface area (Å²) < 4.78 is 28.6. The Bertz CT molecular complexity index is 1380. The van der Waals surface area contributed by atoms with Crippen LogP contribution in [0.4, 0.5) is 4.39 Å². The minimum atomic E-state index is -0.546. The number of hydrogen-bond donors (Lipinski definition) is 0. The molecule has 37 heavy (non-hydrogen) atoms. The maximum atomic E-state index is 14.7. The van der Waals surface area contributed by atoms with Crippen molar-refractivity contribution in [3.63, 3.8) is 0 Å². The van der Waals surface area contributed by atoms with Crippen molar-refractivity contribution in [1.82, 2.24) is 14.7 Å². The third kappa shape index (κ3) is 5.57. The highest BCUT2D eigenvalue weighted by Crippen LogP contribution is 2.35. The number of rotatable bonds is 8. The highest BCUT2D eigenvalue weighted by Gasteiger charge is 2.29. The van der Waals surface area contributed by atoms with Crippen LogP contribution in [0.3, 0.4) is 0 Å². The summed E-state index contributed by atoms with van der Waals surface area (Å²) in [5.74, 6) is 0.270. The standard InChI is InChI=1S/C30H30FN3O3/c1-21-10-8-13-23(18-21)37-30-26(28(32-33(30)2)22-11-4-3-5-12-22)20-34(19-24-14-9-17-36-24)29(35)25-15-6-7-16-27(25)31/h3-8,10-13,15-16,18,24H,9,14,17,19-20H2,1-2H3/t24-/m0/s1. The number of benzene rings is 3. The van der Waals surface area contributed by atoms with Gasteiger partial charge in [0.15, 0.2) is 0 Å². The van der Waals surface area contributed by atoms with Gasteiger partial charge in [-0.2, -0.15) is 5.10 Å². The Hall–Kier alpha value is -3.97. The van der Waals surface area contributed by atoms with Gasteiger partial charge in [-0.1, -0.05) is 54.6 Å². The first-order chi connectivity index (χ1) is 18.0. The maximum Gasteiger partial charge on any atom is 0.257 e. The van der Waals surface area contributed by atoms with Crippen LogP contribution in [-0.4, -0.2) is 39.8 Å². The molecule has 0 N–H and O–H groups in total. The van der Waals surface area contributed by atoms with E-state index in [2.05, 4.69) is 0 Å². The van der Waals surface area contributed by atoms with Crippen LogP contribution in [0.1, 0.15) is 34.3 Å². The molecule has 1 fully saturated rings. The quantitative estimate of drug-likeness (QED) is 0.292. The number of nitrogens with zero attached hydrogens (tertiary/aromatic N) is 3. The molecular formula is C30H30FN3O3. The Morgan fingerprint density at radius 2 is 1.89 bits per heavy atom. The molecule has 4 aromatic rings. The zero-order chi connectivity index (χ0) is 25.8. The highest BCUT2D eigenvalue weighted by molar-refractivity contribution is 5.94. The first-order valence-electron chi connectivity index (χ1n) is 12.5. The van der Waals surface area contributed by atoms with E-state index in [0.29, 0.717) is 30.5 Å². The molecule has 190 valence electrons. The number of amides is 1. The summed E-state index contributed by atoms with van der Waals surface area (Å²) >= 11 is 0. The normalized spacial score (nSPS) is 15.1. The summed E-state index contributed by atoms with van der Waals surface area (Å²) in [6.07, 6.45) is 1.69. The summed E-state index contributed by atoms with van der Waals surface area (Å²) in [5, 5.41) is 4.78. The van der Waals surface area contributed by atoms with Crippen LogP contribution in [0.25, 0.3) is 11.3 Å². The fourth-order valence-electron chi connectivity index (χ4n) is 4.69. The first-order valence-corrected chi connectivity index (χ1v) is 12.5. The number of carbonyl (C=O) groups excluding carboxylic acids is 1. The summed E-state index contributed by atoms with van der Waals surface area (Å²) in [6, 6.07) is 23.7. The van der Waals surface area contributed by atoms with Crippen LogP contribution in [0, 0.1) is 12.7 Å². The number of carbonyl (C=O) groups is 1. The number of hydrogen-bond acceptors (Lipinski definition) is 4. The Morgan fingerprint density at radius 1 is 1.11 bits per heavy atom. The second-order valence-corrected chi connectivity index (χ2v) is 9.34. The minimum absolute atomic E-state index is 0.0341. The SMILES string of the molecule is Cc1cccc(Oc2c(CN(C[C@@H]3CCCO3)C(=O)c3ccccc3F)c(-c3ccccc3)nn2C)c1. The van der Waals surface area contributed by atoms with Crippen LogP contribution in [-0.2, 0) is 18.3 Å². The molecule has 3 aromatic carbocycles. The maximum absolute atomic E-state index is 14.7. The Kier molecular flexibility index (Phi) is 7.32. The van der Waals surface area contributed by atoms with Gasteiger partial charge in [-0.25, -0.2) is 9.07 Å². The van der Waals surface area contributed by atoms with Crippen LogP contribution in [0.15, 0.2) is 78.9 Å². The van der Waals surface area contributed by atoms with Gasteiger partial charge in [-0.15, -0.1) is 0 Å². The minimum Gasteiger partial charge on any atom is -0.439 e. The molecule has 0 bridgehead atoms. The molecule has 0 saturated carbocycles. The molecule has 1 aromatic heterocycles. The lowest BCUT2D eigenvalue weighted by atomic mass is 10.1. The second-order valence-electron chi connectivity index (χ2n) is 9.34. The number of aromatic nitrogens is 2. The zero-order valence-electron chi connectivity index (χ0n) is 21.1. The van der Waals surface area contributed by atoms with Crippen molar-refractivity contribution in [2.75, 3.05) is 13.2 Å². The molecule has 0 spiro atoms. The average molecular weight is 500 g/mol. The topological polar surface area (TPSA) is 56.6 Å². The fraction of sp³-hybridized carbons (Fsp3) is 0.267. The van der Waals surface area contributed by atoms with Gasteiger partial charge in [-0.3, -0.25) is 4.79 Å². The van der Waals surface area contributed by atoms with E-state index >= 15 is 0 Å². The van der Waals surface area contributed by atoms with E-state index < -0.39 is 11.7 Å². The first kappa shape index (κ1) is 24.7. The van der Waals surface area contributed by atoms with Gasteiger partial charge >= 0.3 is 0 Å². The van der Waals surface area contributed by atoms with Gasteiger partial charge in [-0.05, 0) is 49.6 Å². The Labute approximate surface area is 216 Å². The average Bonchev–Trinajstić information content (AvgIpc) is 3.52. The van der Waals surface area contributed by atoms with E-state index in [0.717, 1.165) is 29.5 Å². The van der Waals surface area contributed by atoms with Crippen molar-refractivity contribution in [2.45, 2.75) is 32.4 Å². The summed E-state index contributed by atoms with van der Waals surface area (Å²) in [7, 11) is 1.82. The smallest absolute Gasteiger partial charge is 0.257 e. The third-order valence-electron chi connectivity index (χ3n) is 6.53. The van der Waals surface area contributed by atoms with Crippen molar-refractivity contribution in [2.24, 2.45) is 7.05 Å². The van der Waals surface area contributed by atoms with E-state index in [1.165, 1.54) is 12.1 Å². The van der Waals surface area contributed by atoms with E-state index in [9.17, 15) is 9.18 Å². The molecule has 1 saturated heterocycles. The molecule has 1 aliphatic rings. The molecule has 0 radical (unpaired) electrons. The monoisotopic (exact) mass is 499 g/mol. The van der Waals surface area contributed by atoms with Crippen LogP contribution >= 0.6 is 0 Å². The zero-order valence-corrected chi connectivity index (χ0v) is 21.1. The predicted octanol–water partition coefficient (Wildman–Crippen LogP) is 6.15. The molecule has 0 aliphatic carbocycles. The van der Waals surface area contributed by atoms with Gasteiger partial charge in [0.05, 0.1) is 23.8 Å². The lowest BCUT2D eigenvalue weighted by Gasteiger charge is -2.26. The Balaban J connectivity index is 1.57. The molecular weight excluding hydrogens is 469 g/mol. The highest BCUT2D eigenvalue weighted by atomic mass is 19.1. The van der Waals surface area contributed by atoms with Crippen LogP contribution < -0.4 is 4.74 Å². The second kappa shape index (κ2) is 11.0. The summed E-state index contributed by atoms with van der Waals surface area (Å²) in [4.78, 5) is 15.3. The van der Waals surface area contributed by atoms with Crippen molar-refractivity contribution in [3.8, 4) is 22.9 Å². The number of aryl methyl sites for hydroxylation is 2.